The van der Waals surface area contributed by atoms with Crippen molar-refractivity contribution in [3.05, 3.63) is 29.8 Å². The van der Waals surface area contributed by atoms with Crippen molar-refractivity contribution in [2.75, 3.05) is 6.61 Å². The zero-order chi connectivity index (χ0) is 15.8. The van der Waals surface area contributed by atoms with E-state index in [1.807, 2.05) is 24.3 Å². The number of ether oxygens (including phenoxy) is 1. The first kappa shape index (κ1) is 16.4. The largest absolute Gasteiger partial charge is 0.493 e. The van der Waals surface area contributed by atoms with Gasteiger partial charge in [0.25, 0.3) is 0 Å². The van der Waals surface area contributed by atoms with Gasteiger partial charge in [0, 0.05) is 0 Å². The van der Waals surface area contributed by atoms with Crippen LogP contribution >= 0.6 is 0 Å². The number of carbonyl (C=O) groups is 1. The summed E-state index contributed by atoms with van der Waals surface area (Å²) < 4.78 is 5.87. The van der Waals surface area contributed by atoms with Crippen LogP contribution in [0, 0.1) is 17.8 Å². The normalized spacial score (nSPS) is 16.4. The minimum Gasteiger partial charge on any atom is -0.493 e. The minimum atomic E-state index is -0.828. The van der Waals surface area contributed by atoms with Crippen LogP contribution < -0.4 is 4.74 Å². The number of hydrogen-bond donors (Lipinski definition) is 1. The van der Waals surface area contributed by atoms with Crippen molar-refractivity contribution in [1.29, 1.82) is 0 Å². The second kappa shape index (κ2) is 8.48. The third-order valence-electron chi connectivity index (χ3n) is 4.19. The Balaban J connectivity index is 1.92. The lowest BCUT2D eigenvalue weighted by Crippen LogP contribution is -2.15. The fourth-order valence-electron chi connectivity index (χ4n) is 2.97. The Kier molecular flexibility index (Phi) is 6.33. The molecule has 1 atom stereocenters. The van der Waals surface area contributed by atoms with E-state index in [9.17, 15) is 4.79 Å². The van der Waals surface area contributed by atoms with Gasteiger partial charge in [-0.3, -0.25) is 4.79 Å². The highest BCUT2D eigenvalue weighted by Crippen LogP contribution is 2.26. The summed E-state index contributed by atoms with van der Waals surface area (Å²) in [6.45, 7) is 2.52. The van der Waals surface area contributed by atoms with Gasteiger partial charge in [0.15, 0.2) is 0 Å². The van der Waals surface area contributed by atoms with E-state index in [2.05, 4.69) is 11.8 Å². The Morgan fingerprint density at radius 2 is 1.95 bits per heavy atom. The van der Waals surface area contributed by atoms with Crippen LogP contribution in [0.3, 0.4) is 0 Å². The zero-order valence-electron chi connectivity index (χ0n) is 13.2. The summed E-state index contributed by atoms with van der Waals surface area (Å²) in [4.78, 5) is 10.9. The molecule has 0 saturated heterocycles. The summed E-state index contributed by atoms with van der Waals surface area (Å²) in [5.41, 5.74) is 0.932. The van der Waals surface area contributed by atoms with Gasteiger partial charge in [-0.15, -0.1) is 5.92 Å². The first-order chi connectivity index (χ1) is 10.7. The van der Waals surface area contributed by atoms with Gasteiger partial charge in [0.05, 0.1) is 18.9 Å². The highest BCUT2D eigenvalue weighted by molar-refractivity contribution is 5.69. The SMILES string of the molecule is CC#CC(CC(=O)O)c1ccc(OCC2CCCCC2)cc1. The molecule has 0 aliphatic heterocycles. The average molecular weight is 300 g/mol. The smallest absolute Gasteiger partial charge is 0.304 e. The van der Waals surface area contributed by atoms with E-state index in [0.29, 0.717) is 5.92 Å². The van der Waals surface area contributed by atoms with E-state index in [1.54, 1.807) is 6.92 Å². The second-order valence-corrected chi connectivity index (χ2v) is 5.93. The van der Waals surface area contributed by atoms with E-state index in [4.69, 9.17) is 9.84 Å². The first-order valence-electron chi connectivity index (χ1n) is 8.06. The molecule has 0 aromatic heterocycles. The third-order valence-corrected chi connectivity index (χ3v) is 4.19. The first-order valence-corrected chi connectivity index (χ1v) is 8.06. The van der Waals surface area contributed by atoms with Crippen LogP contribution in [0.2, 0.25) is 0 Å². The van der Waals surface area contributed by atoms with E-state index >= 15 is 0 Å². The lowest BCUT2D eigenvalue weighted by atomic mass is 9.90. The maximum Gasteiger partial charge on any atom is 0.304 e. The summed E-state index contributed by atoms with van der Waals surface area (Å²) in [7, 11) is 0. The van der Waals surface area contributed by atoms with Crippen molar-refractivity contribution in [1.82, 2.24) is 0 Å². The van der Waals surface area contributed by atoms with Crippen molar-refractivity contribution in [3.8, 4) is 17.6 Å². The van der Waals surface area contributed by atoms with Crippen molar-refractivity contribution in [2.45, 2.75) is 51.4 Å². The molecule has 0 radical (unpaired) electrons. The number of rotatable bonds is 6. The molecular weight excluding hydrogens is 276 g/mol. The Bertz CT molecular complexity index is 530. The molecule has 3 heteroatoms. The average Bonchev–Trinajstić information content (AvgIpc) is 2.54. The Hall–Kier alpha value is -1.95. The van der Waals surface area contributed by atoms with Crippen molar-refractivity contribution >= 4 is 5.97 Å². The van der Waals surface area contributed by atoms with E-state index < -0.39 is 5.97 Å². The molecule has 1 saturated carbocycles. The maximum absolute atomic E-state index is 10.9. The van der Waals surface area contributed by atoms with Crippen molar-refractivity contribution in [3.63, 3.8) is 0 Å². The molecule has 1 N–H and O–H groups in total. The van der Waals surface area contributed by atoms with Gasteiger partial charge in [-0.05, 0) is 43.4 Å². The van der Waals surface area contributed by atoms with Crippen LogP contribution in [0.25, 0.3) is 0 Å². The second-order valence-electron chi connectivity index (χ2n) is 5.93. The van der Waals surface area contributed by atoms with Crippen LogP contribution in [0.5, 0.6) is 5.75 Å². The molecule has 1 aromatic carbocycles. The predicted octanol–water partition coefficient (Wildman–Crippen LogP) is 4.23. The molecule has 1 aliphatic carbocycles. The van der Waals surface area contributed by atoms with Crippen LogP contribution in [0.1, 0.15) is 56.9 Å². The highest BCUT2D eigenvalue weighted by Gasteiger charge is 2.15. The molecule has 22 heavy (non-hydrogen) atoms. The molecule has 1 aromatic rings. The third kappa shape index (κ3) is 5.11. The fraction of sp³-hybridized carbons (Fsp3) is 0.526. The summed E-state index contributed by atoms with van der Waals surface area (Å²) >= 11 is 0. The lowest BCUT2D eigenvalue weighted by molar-refractivity contribution is -0.137. The number of carboxylic acids is 1. The van der Waals surface area contributed by atoms with Crippen LogP contribution in [-0.4, -0.2) is 17.7 Å². The molecule has 0 bridgehead atoms. The Morgan fingerprint density at radius 1 is 1.27 bits per heavy atom. The highest BCUT2D eigenvalue weighted by atomic mass is 16.5. The van der Waals surface area contributed by atoms with Gasteiger partial charge in [-0.25, -0.2) is 0 Å². The Labute approximate surface area is 132 Å². The predicted molar refractivity (Wildman–Crippen MR) is 87.0 cm³/mol. The quantitative estimate of drug-likeness (QED) is 0.800. The van der Waals surface area contributed by atoms with Crippen molar-refractivity contribution < 1.29 is 14.6 Å². The van der Waals surface area contributed by atoms with E-state index in [-0.39, 0.29) is 12.3 Å². The van der Waals surface area contributed by atoms with Crippen LogP contribution in [-0.2, 0) is 4.79 Å². The van der Waals surface area contributed by atoms with Gasteiger partial charge < -0.3 is 9.84 Å². The monoisotopic (exact) mass is 300 g/mol. The lowest BCUT2D eigenvalue weighted by Gasteiger charge is -2.21. The van der Waals surface area contributed by atoms with Crippen molar-refractivity contribution in [2.24, 2.45) is 5.92 Å². The fourth-order valence-corrected chi connectivity index (χ4v) is 2.97. The van der Waals surface area contributed by atoms with Gasteiger partial charge >= 0.3 is 5.97 Å². The van der Waals surface area contributed by atoms with Gasteiger partial charge in [0.1, 0.15) is 5.75 Å². The zero-order valence-corrected chi connectivity index (χ0v) is 13.2. The molecule has 1 fully saturated rings. The molecule has 0 heterocycles. The maximum atomic E-state index is 10.9. The van der Waals surface area contributed by atoms with Gasteiger partial charge in [0.2, 0.25) is 0 Å². The molecule has 1 unspecified atom stereocenters. The number of benzene rings is 1. The molecule has 2 rings (SSSR count). The standard InChI is InChI=1S/C19H24O3/c1-2-6-17(13-19(20)21)16-9-11-18(12-10-16)22-14-15-7-4-3-5-8-15/h9-12,15,17H,3-5,7-8,13-14H2,1H3,(H,20,21). The Morgan fingerprint density at radius 3 is 2.55 bits per heavy atom. The number of aliphatic carboxylic acids is 1. The van der Waals surface area contributed by atoms with Crippen LogP contribution in [0.15, 0.2) is 24.3 Å². The molecule has 1 aliphatic rings. The molecular formula is C19H24O3. The molecule has 0 spiro atoms. The topological polar surface area (TPSA) is 46.5 Å². The molecule has 0 amide bonds. The van der Waals surface area contributed by atoms with Gasteiger partial charge in [-0.1, -0.05) is 37.3 Å². The van der Waals surface area contributed by atoms with E-state index in [1.165, 1.54) is 32.1 Å². The summed E-state index contributed by atoms with van der Waals surface area (Å²) in [5.74, 6) is 6.22. The summed E-state index contributed by atoms with van der Waals surface area (Å²) in [6, 6.07) is 7.69. The number of carboxylic acid groups (broad SMARTS) is 1. The summed E-state index contributed by atoms with van der Waals surface area (Å²) in [6.07, 6.45) is 6.56. The number of hydrogen-bond acceptors (Lipinski definition) is 2. The summed E-state index contributed by atoms with van der Waals surface area (Å²) in [5, 5.41) is 8.96. The molecule has 3 nitrogen and oxygen atoms in total. The van der Waals surface area contributed by atoms with E-state index in [0.717, 1.165) is 17.9 Å². The van der Waals surface area contributed by atoms with Gasteiger partial charge in [-0.2, -0.15) is 0 Å². The molecule has 118 valence electrons. The van der Waals surface area contributed by atoms with Crippen LogP contribution in [0.4, 0.5) is 0 Å². The minimum absolute atomic E-state index is 0.0309.